The van der Waals surface area contributed by atoms with E-state index >= 15 is 0 Å². The van der Waals surface area contributed by atoms with Crippen LogP contribution in [0.5, 0.6) is 0 Å². The summed E-state index contributed by atoms with van der Waals surface area (Å²) >= 11 is 0. The molecule has 1 atom stereocenters. The van der Waals surface area contributed by atoms with Crippen molar-refractivity contribution in [3.05, 3.63) is 47.5 Å². The zero-order chi connectivity index (χ0) is 18.2. The SMILES string of the molecule is CCOC(=O)C(C)=C[C@H](Cc1ccccc1)NC(=O)OC(C)(C)C. The number of alkyl carbamates (subject to hydrolysis) is 1. The smallest absolute Gasteiger partial charge is 0.408 e. The predicted octanol–water partition coefficient (Wildman–Crippen LogP) is 3.63. The standard InChI is InChI=1S/C19H27NO4/c1-6-23-17(21)14(2)12-16(13-15-10-8-7-9-11-15)20-18(22)24-19(3,4)5/h7-12,16H,6,13H2,1-5H3,(H,20,22)/t16-/m1/s1. The van der Waals surface area contributed by atoms with Crippen molar-refractivity contribution in [3.8, 4) is 0 Å². The molecule has 0 saturated heterocycles. The van der Waals surface area contributed by atoms with E-state index in [0.29, 0.717) is 18.6 Å². The van der Waals surface area contributed by atoms with E-state index in [0.717, 1.165) is 5.56 Å². The molecule has 0 aromatic heterocycles. The molecule has 1 aromatic rings. The van der Waals surface area contributed by atoms with Crippen molar-refractivity contribution in [1.82, 2.24) is 5.32 Å². The Hall–Kier alpha value is -2.30. The van der Waals surface area contributed by atoms with E-state index < -0.39 is 11.7 Å². The highest BCUT2D eigenvalue weighted by atomic mass is 16.6. The van der Waals surface area contributed by atoms with Gasteiger partial charge in [-0.3, -0.25) is 0 Å². The molecule has 1 N–H and O–H groups in total. The van der Waals surface area contributed by atoms with Crippen molar-refractivity contribution in [1.29, 1.82) is 0 Å². The van der Waals surface area contributed by atoms with Gasteiger partial charge in [0.2, 0.25) is 0 Å². The number of carbonyl (C=O) groups is 2. The van der Waals surface area contributed by atoms with E-state index in [1.165, 1.54) is 0 Å². The lowest BCUT2D eigenvalue weighted by Crippen LogP contribution is -2.39. The van der Waals surface area contributed by atoms with Crippen LogP contribution >= 0.6 is 0 Å². The molecule has 0 spiro atoms. The van der Waals surface area contributed by atoms with Crippen LogP contribution in [0.3, 0.4) is 0 Å². The molecule has 1 rings (SSSR count). The molecule has 5 nitrogen and oxygen atoms in total. The van der Waals surface area contributed by atoms with E-state index in [-0.39, 0.29) is 12.0 Å². The Morgan fingerprint density at radius 2 is 1.83 bits per heavy atom. The molecular formula is C19H27NO4. The molecular weight excluding hydrogens is 306 g/mol. The summed E-state index contributed by atoms with van der Waals surface area (Å²) in [6.07, 6.45) is 1.74. The van der Waals surface area contributed by atoms with Crippen LogP contribution in [-0.2, 0) is 20.7 Å². The molecule has 0 bridgehead atoms. The maximum absolute atomic E-state index is 12.1. The molecule has 132 valence electrons. The second kappa shape index (κ2) is 9.11. The highest BCUT2D eigenvalue weighted by molar-refractivity contribution is 5.88. The summed E-state index contributed by atoms with van der Waals surface area (Å²) in [7, 11) is 0. The van der Waals surface area contributed by atoms with Crippen molar-refractivity contribution in [2.75, 3.05) is 6.61 Å². The normalized spacial score (nSPS) is 13.1. The van der Waals surface area contributed by atoms with Gasteiger partial charge in [0.15, 0.2) is 0 Å². The third kappa shape index (κ3) is 7.81. The summed E-state index contributed by atoms with van der Waals surface area (Å²) in [4.78, 5) is 23.9. The monoisotopic (exact) mass is 333 g/mol. The molecule has 0 aliphatic carbocycles. The van der Waals surface area contributed by atoms with Gasteiger partial charge >= 0.3 is 12.1 Å². The Morgan fingerprint density at radius 3 is 2.38 bits per heavy atom. The van der Waals surface area contributed by atoms with Crippen LogP contribution in [0.4, 0.5) is 4.79 Å². The quantitative estimate of drug-likeness (QED) is 0.638. The van der Waals surface area contributed by atoms with Gasteiger partial charge in [0.25, 0.3) is 0 Å². The molecule has 0 radical (unpaired) electrons. The second-order valence-corrected chi connectivity index (χ2v) is 6.51. The molecule has 1 amide bonds. The lowest BCUT2D eigenvalue weighted by atomic mass is 10.0. The Labute approximate surface area is 144 Å². The molecule has 1 aromatic carbocycles. The average Bonchev–Trinajstić information content (AvgIpc) is 2.46. The number of rotatable bonds is 6. The summed E-state index contributed by atoms with van der Waals surface area (Å²) < 4.78 is 10.3. The summed E-state index contributed by atoms with van der Waals surface area (Å²) in [5.41, 5.74) is 0.918. The topological polar surface area (TPSA) is 64.6 Å². The van der Waals surface area contributed by atoms with Crippen LogP contribution in [0.15, 0.2) is 42.0 Å². The average molecular weight is 333 g/mol. The van der Waals surface area contributed by atoms with Crippen LogP contribution in [0.25, 0.3) is 0 Å². The molecule has 0 fully saturated rings. The second-order valence-electron chi connectivity index (χ2n) is 6.51. The van der Waals surface area contributed by atoms with Crippen LogP contribution in [0.2, 0.25) is 0 Å². The fourth-order valence-corrected chi connectivity index (χ4v) is 2.09. The van der Waals surface area contributed by atoms with Crippen molar-refractivity contribution < 1.29 is 19.1 Å². The maximum Gasteiger partial charge on any atom is 0.408 e. The van der Waals surface area contributed by atoms with Gasteiger partial charge in [0.1, 0.15) is 5.60 Å². The van der Waals surface area contributed by atoms with Gasteiger partial charge in [0, 0.05) is 5.57 Å². The molecule has 0 saturated carbocycles. The predicted molar refractivity (Wildman–Crippen MR) is 93.7 cm³/mol. The van der Waals surface area contributed by atoms with E-state index in [4.69, 9.17) is 9.47 Å². The van der Waals surface area contributed by atoms with Gasteiger partial charge in [0.05, 0.1) is 12.6 Å². The number of hydrogen-bond acceptors (Lipinski definition) is 4. The minimum atomic E-state index is -0.582. The molecule has 0 aliphatic rings. The minimum Gasteiger partial charge on any atom is -0.463 e. The number of hydrogen-bond donors (Lipinski definition) is 1. The van der Waals surface area contributed by atoms with Crippen LogP contribution in [0, 0.1) is 0 Å². The first-order valence-electron chi connectivity index (χ1n) is 8.10. The van der Waals surface area contributed by atoms with Gasteiger partial charge < -0.3 is 14.8 Å². The largest absolute Gasteiger partial charge is 0.463 e. The van der Waals surface area contributed by atoms with Crippen LogP contribution in [-0.4, -0.2) is 30.3 Å². The van der Waals surface area contributed by atoms with E-state index in [9.17, 15) is 9.59 Å². The highest BCUT2D eigenvalue weighted by Crippen LogP contribution is 2.10. The summed E-state index contributed by atoms with van der Waals surface area (Å²) in [5, 5.41) is 2.80. The molecule has 5 heteroatoms. The Morgan fingerprint density at radius 1 is 1.21 bits per heavy atom. The number of amides is 1. The third-order valence-corrected chi connectivity index (χ3v) is 3.05. The summed E-state index contributed by atoms with van der Waals surface area (Å²) in [5.74, 6) is -0.387. The van der Waals surface area contributed by atoms with Crippen molar-refractivity contribution in [3.63, 3.8) is 0 Å². The van der Waals surface area contributed by atoms with Crippen LogP contribution < -0.4 is 5.32 Å². The fraction of sp³-hybridized carbons (Fsp3) is 0.474. The molecule has 0 aliphatic heterocycles. The Bertz CT molecular complexity index is 573. The first kappa shape index (κ1) is 19.7. The van der Waals surface area contributed by atoms with Crippen LogP contribution in [0.1, 0.15) is 40.2 Å². The number of nitrogens with one attached hydrogen (secondary N) is 1. The number of ether oxygens (including phenoxy) is 2. The van der Waals surface area contributed by atoms with E-state index in [1.54, 1.807) is 40.7 Å². The Kier molecular flexibility index (Phi) is 7.49. The molecule has 24 heavy (non-hydrogen) atoms. The first-order valence-corrected chi connectivity index (χ1v) is 8.10. The van der Waals surface area contributed by atoms with Gasteiger partial charge in [-0.1, -0.05) is 36.4 Å². The highest BCUT2D eigenvalue weighted by Gasteiger charge is 2.19. The van der Waals surface area contributed by atoms with Gasteiger partial charge in [-0.25, -0.2) is 9.59 Å². The number of carbonyl (C=O) groups excluding carboxylic acids is 2. The number of benzene rings is 1. The van der Waals surface area contributed by atoms with Crippen molar-refractivity contribution >= 4 is 12.1 Å². The van der Waals surface area contributed by atoms with Gasteiger partial charge in [-0.15, -0.1) is 0 Å². The van der Waals surface area contributed by atoms with Crippen molar-refractivity contribution in [2.24, 2.45) is 0 Å². The zero-order valence-corrected chi connectivity index (χ0v) is 15.1. The third-order valence-electron chi connectivity index (χ3n) is 3.05. The molecule has 0 unspecified atom stereocenters. The molecule has 0 heterocycles. The first-order chi connectivity index (χ1) is 11.2. The summed E-state index contributed by atoms with van der Waals surface area (Å²) in [6, 6.07) is 9.36. The van der Waals surface area contributed by atoms with Gasteiger partial charge in [-0.05, 0) is 46.6 Å². The minimum absolute atomic E-state index is 0.312. The van der Waals surface area contributed by atoms with E-state index in [2.05, 4.69) is 5.32 Å². The van der Waals surface area contributed by atoms with Gasteiger partial charge in [-0.2, -0.15) is 0 Å². The number of esters is 1. The lowest BCUT2D eigenvalue weighted by molar-refractivity contribution is -0.138. The zero-order valence-electron chi connectivity index (χ0n) is 15.1. The lowest BCUT2D eigenvalue weighted by Gasteiger charge is -2.22. The maximum atomic E-state index is 12.1. The summed E-state index contributed by atoms with van der Waals surface area (Å²) in [6.45, 7) is 9.15. The van der Waals surface area contributed by atoms with Crippen molar-refractivity contribution in [2.45, 2.75) is 52.7 Å². The Balaban J connectivity index is 2.88. The van der Waals surface area contributed by atoms with E-state index in [1.807, 2.05) is 30.3 Å². The fourth-order valence-electron chi connectivity index (χ4n) is 2.09.